The summed E-state index contributed by atoms with van der Waals surface area (Å²) >= 11 is 0. The lowest BCUT2D eigenvalue weighted by Gasteiger charge is -2.25. The highest BCUT2D eigenvalue weighted by atomic mass is 19.3. The Kier molecular flexibility index (Phi) is 3.86. The first kappa shape index (κ1) is 13.7. The highest BCUT2D eigenvalue weighted by Gasteiger charge is 2.61. The average molecular weight is 260 g/mol. The number of hydrogen-bond acceptors (Lipinski definition) is 5. The maximum Gasteiger partial charge on any atom is 0.312 e. The summed E-state index contributed by atoms with van der Waals surface area (Å²) in [4.78, 5) is 0. The summed E-state index contributed by atoms with van der Waals surface area (Å²) in [6, 6.07) is -1.06. The summed E-state index contributed by atoms with van der Waals surface area (Å²) in [5.41, 5.74) is 0.279. The van der Waals surface area contributed by atoms with Crippen LogP contribution in [-0.2, 0) is 18.9 Å². The van der Waals surface area contributed by atoms with E-state index < -0.39 is 36.4 Å². The molecule has 0 amide bonds. The van der Waals surface area contributed by atoms with Crippen molar-refractivity contribution < 1.29 is 32.8 Å². The number of aliphatic hydroxyl groups excluding tert-OH is 1. The Bertz CT molecular complexity index is 382. The molecule has 2 fully saturated rings. The fraction of sp³-hybridized carbons (Fsp3) is 0.700. The number of ether oxygens (including phenoxy) is 4. The quantitative estimate of drug-likeness (QED) is 0.567. The van der Waals surface area contributed by atoms with Crippen LogP contribution in [0.15, 0.2) is 17.9 Å². The largest absolute Gasteiger partial charge is 0.394 e. The third kappa shape index (κ3) is 2.11. The molecule has 1 N–H and O–H groups in total. The molecule has 3 unspecified atom stereocenters. The van der Waals surface area contributed by atoms with Crippen molar-refractivity contribution in [1.82, 2.24) is 0 Å². The summed E-state index contributed by atoms with van der Waals surface area (Å²) in [5.74, 6) is 0. The van der Waals surface area contributed by atoms with Gasteiger partial charge in [0.25, 0.3) is 6.48 Å². The number of hydrogen-bond donors (Lipinski definition) is 1. The zero-order chi connectivity index (χ0) is 13.3. The van der Waals surface area contributed by atoms with E-state index in [0.29, 0.717) is 0 Å². The molecule has 98 valence electrons. The van der Waals surface area contributed by atoms with Crippen molar-refractivity contribution in [1.29, 1.82) is 0 Å². The lowest BCUT2D eigenvalue weighted by Crippen LogP contribution is -2.45. The van der Waals surface area contributed by atoms with Crippen molar-refractivity contribution in [2.45, 2.75) is 30.3 Å². The van der Waals surface area contributed by atoms with Gasteiger partial charge in [0.15, 0.2) is 0 Å². The van der Waals surface area contributed by atoms with E-state index in [2.05, 4.69) is 0 Å². The second-order valence-electron chi connectivity index (χ2n) is 3.88. The van der Waals surface area contributed by atoms with E-state index in [1.54, 1.807) is 5.73 Å². The Labute approximate surface area is 103 Å². The minimum Gasteiger partial charge on any atom is -0.394 e. The van der Waals surface area contributed by atoms with E-state index in [1.165, 1.54) is 7.11 Å². The van der Waals surface area contributed by atoms with E-state index in [1.807, 2.05) is 0 Å². The molecule has 5 nitrogen and oxygen atoms in total. The maximum absolute atomic E-state index is 12.1. The van der Waals surface area contributed by atoms with Crippen molar-refractivity contribution in [3.05, 3.63) is 17.9 Å². The summed E-state index contributed by atoms with van der Waals surface area (Å²) in [6.07, 6.45) is -2.69. The Hall–Kier alpha value is -0.755. The minimum atomic E-state index is -2.02. The predicted molar refractivity (Wildman–Crippen MR) is 54.8 cm³/mol. The van der Waals surface area contributed by atoms with Crippen molar-refractivity contribution in [3.63, 3.8) is 0 Å². The first-order valence-electron chi connectivity index (χ1n) is 5.20. The number of aliphatic hydroxyl groups is 1. The van der Waals surface area contributed by atoms with Crippen molar-refractivity contribution in [3.8, 4) is 0 Å². The molecule has 0 bridgehead atoms. The Morgan fingerprint density at radius 2 is 2.28 bits per heavy atom. The summed E-state index contributed by atoms with van der Waals surface area (Å²) in [5, 5.41) is 9.14. The van der Waals surface area contributed by atoms with Crippen LogP contribution in [0, 0.1) is 0 Å². The smallest absolute Gasteiger partial charge is 0.312 e. The summed E-state index contributed by atoms with van der Waals surface area (Å²) in [7, 11) is 7.03. The molecule has 8 heteroatoms. The standard InChI is InChI=1S/C10H11BF2O5/c1-15-9-17-7-5(4-14)16-8(11)10(7,18-9)3-2-6(12)13/h3,5,7-9,14H,4H2,1H3/t5-,7?,8-,9?,10?/m1/s1. The van der Waals surface area contributed by atoms with Crippen LogP contribution < -0.4 is 0 Å². The van der Waals surface area contributed by atoms with Gasteiger partial charge < -0.3 is 24.1 Å². The molecule has 2 radical (unpaired) electrons. The zero-order valence-corrected chi connectivity index (χ0v) is 9.51. The predicted octanol–water partition coefficient (Wildman–Crippen LogP) is -0.108. The molecule has 0 saturated carbocycles. The van der Waals surface area contributed by atoms with Gasteiger partial charge in [-0.05, 0) is 6.08 Å². The molecule has 0 spiro atoms. The van der Waals surface area contributed by atoms with Gasteiger partial charge in [-0.25, -0.2) is 0 Å². The molecule has 18 heavy (non-hydrogen) atoms. The van der Waals surface area contributed by atoms with Gasteiger partial charge in [-0.1, -0.05) is 5.73 Å². The van der Waals surface area contributed by atoms with Crippen molar-refractivity contribution >= 4 is 7.85 Å². The van der Waals surface area contributed by atoms with Crippen LogP contribution in [0.4, 0.5) is 8.78 Å². The van der Waals surface area contributed by atoms with Crippen LogP contribution in [0.3, 0.4) is 0 Å². The molecule has 5 atom stereocenters. The van der Waals surface area contributed by atoms with Gasteiger partial charge in [0.2, 0.25) is 0 Å². The highest BCUT2D eigenvalue weighted by Crippen LogP contribution is 2.43. The highest BCUT2D eigenvalue weighted by molar-refractivity contribution is 6.12. The molecule has 2 saturated heterocycles. The van der Waals surface area contributed by atoms with Gasteiger partial charge in [0.05, 0.1) is 12.6 Å². The topological polar surface area (TPSA) is 57.2 Å². The van der Waals surface area contributed by atoms with Crippen LogP contribution >= 0.6 is 0 Å². The van der Waals surface area contributed by atoms with Crippen LogP contribution in [-0.4, -0.2) is 57.0 Å². The van der Waals surface area contributed by atoms with Crippen LogP contribution in [0.25, 0.3) is 0 Å². The molecule has 0 aromatic carbocycles. The first-order chi connectivity index (χ1) is 8.53. The normalized spacial score (nSPS) is 42.4. The number of fused-ring (bicyclic) bond motifs is 1. The molecule has 2 aliphatic rings. The van der Waals surface area contributed by atoms with Crippen molar-refractivity contribution in [2.24, 2.45) is 0 Å². The molecule has 0 aliphatic carbocycles. The second kappa shape index (κ2) is 5.09. The van der Waals surface area contributed by atoms with E-state index in [9.17, 15) is 8.78 Å². The van der Waals surface area contributed by atoms with Crippen LogP contribution in [0.1, 0.15) is 0 Å². The molecule has 0 aromatic heterocycles. The number of halogens is 2. The Balaban J connectivity index is 2.36. The summed E-state index contributed by atoms with van der Waals surface area (Å²) in [6.45, 7) is -1.44. The zero-order valence-electron chi connectivity index (χ0n) is 9.51. The average Bonchev–Trinajstić information content (AvgIpc) is 2.83. The first-order valence-corrected chi connectivity index (χ1v) is 5.20. The monoisotopic (exact) mass is 260 g/mol. The van der Waals surface area contributed by atoms with Gasteiger partial charge in [-0.2, -0.15) is 8.78 Å². The molecule has 2 rings (SSSR count). The molecular formula is C10H11BF2O5. The number of methoxy groups -OCH3 is 1. The second-order valence-corrected chi connectivity index (χ2v) is 3.88. The molecular weight excluding hydrogens is 249 g/mol. The summed E-state index contributed by atoms with van der Waals surface area (Å²) < 4.78 is 45.0. The Morgan fingerprint density at radius 1 is 1.56 bits per heavy atom. The fourth-order valence-electron chi connectivity index (χ4n) is 2.07. The lowest BCUT2D eigenvalue weighted by atomic mass is 9.80. The van der Waals surface area contributed by atoms with Crippen molar-refractivity contribution in [2.75, 3.05) is 13.7 Å². The minimum absolute atomic E-state index is 0.379. The Morgan fingerprint density at radius 3 is 2.83 bits per heavy atom. The van der Waals surface area contributed by atoms with Gasteiger partial charge in [-0.3, -0.25) is 0 Å². The van der Waals surface area contributed by atoms with E-state index in [4.69, 9.17) is 31.9 Å². The fourth-order valence-corrected chi connectivity index (χ4v) is 2.07. The molecule has 2 heterocycles. The number of rotatable bonds is 3. The van der Waals surface area contributed by atoms with Gasteiger partial charge in [0, 0.05) is 7.11 Å². The SMILES string of the molecule is [B][C@@H]1O[C@H](CO)C2OC(OC)OC21C=C=C(F)F. The molecule has 0 aromatic rings. The van der Waals surface area contributed by atoms with E-state index in [0.717, 1.165) is 6.08 Å². The van der Waals surface area contributed by atoms with Crippen LogP contribution in [0.5, 0.6) is 0 Å². The van der Waals surface area contributed by atoms with E-state index in [-0.39, 0.29) is 6.61 Å². The van der Waals surface area contributed by atoms with Crippen LogP contribution in [0.2, 0.25) is 0 Å². The third-order valence-electron chi connectivity index (χ3n) is 2.89. The van der Waals surface area contributed by atoms with Gasteiger partial charge in [-0.15, -0.1) is 0 Å². The molecule has 2 aliphatic heterocycles. The van der Waals surface area contributed by atoms with Gasteiger partial charge >= 0.3 is 6.08 Å². The van der Waals surface area contributed by atoms with E-state index >= 15 is 0 Å². The van der Waals surface area contributed by atoms with Gasteiger partial charge in [0.1, 0.15) is 25.7 Å². The lowest BCUT2D eigenvalue weighted by molar-refractivity contribution is -0.254. The third-order valence-corrected chi connectivity index (χ3v) is 2.89. The maximum atomic E-state index is 12.1.